The predicted molar refractivity (Wildman–Crippen MR) is 49.8 cm³/mol. The van der Waals surface area contributed by atoms with Gasteiger partial charge >= 0.3 is 0 Å². The van der Waals surface area contributed by atoms with Crippen LogP contribution < -0.4 is 5.73 Å². The number of aromatic nitrogens is 1. The van der Waals surface area contributed by atoms with Crippen LogP contribution in [0.5, 0.6) is 0 Å². The molecule has 2 nitrogen and oxygen atoms in total. The van der Waals surface area contributed by atoms with Gasteiger partial charge in [0.15, 0.2) is 0 Å². The normalized spacial score (nSPS) is 20.2. The van der Waals surface area contributed by atoms with Crippen molar-refractivity contribution in [2.24, 2.45) is 5.73 Å². The van der Waals surface area contributed by atoms with Crippen molar-refractivity contribution in [3.63, 3.8) is 0 Å². The second-order valence-corrected chi connectivity index (χ2v) is 5.36. The van der Waals surface area contributed by atoms with Gasteiger partial charge in [-0.15, -0.1) is 11.3 Å². The van der Waals surface area contributed by atoms with Gasteiger partial charge in [-0.2, -0.15) is 0 Å². The quantitative estimate of drug-likeness (QED) is 0.847. The van der Waals surface area contributed by atoms with Crippen LogP contribution in [0, 0.1) is 0 Å². The topological polar surface area (TPSA) is 38.9 Å². The van der Waals surface area contributed by atoms with E-state index in [1.807, 2.05) is 6.20 Å². The summed E-state index contributed by atoms with van der Waals surface area (Å²) in [5, 5.41) is 1.20. The lowest BCUT2D eigenvalue weighted by molar-refractivity contribution is 0.698. The van der Waals surface area contributed by atoms with Gasteiger partial charge in [-0.3, -0.25) is 0 Å². The third-order valence-electron chi connectivity index (χ3n) is 2.18. The minimum Gasteiger partial charge on any atom is -0.329 e. The van der Waals surface area contributed by atoms with Gasteiger partial charge in [0, 0.05) is 12.0 Å². The molecule has 1 saturated carbocycles. The molecule has 1 aliphatic rings. The van der Waals surface area contributed by atoms with E-state index < -0.39 is 0 Å². The highest BCUT2D eigenvalue weighted by Crippen LogP contribution is 2.48. The van der Waals surface area contributed by atoms with E-state index in [-0.39, 0.29) is 5.41 Å². The van der Waals surface area contributed by atoms with Crippen LogP contribution in [0.1, 0.15) is 17.8 Å². The van der Waals surface area contributed by atoms with Gasteiger partial charge in [-0.1, -0.05) is 0 Å². The Morgan fingerprint density at radius 2 is 2.45 bits per heavy atom. The molecule has 0 unspecified atom stereocenters. The molecule has 0 aromatic carbocycles. The summed E-state index contributed by atoms with van der Waals surface area (Å²) in [5.74, 6) is 0. The molecule has 2 rings (SSSR count). The summed E-state index contributed by atoms with van der Waals surface area (Å²) in [4.78, 5) is 4.31. The lowest BCUT2D eigenvalue weighted by Gasteiger charge is -2.05. The van der Waals surface area contributed by atoms with Crippen molar-refractivity contribution in [2.75, 3.05) is 6.54 Å². The maximum atomic E-state index is 5.66. The van der Waals surface area contributed by atoms with E-state index in [1.54, 1.807) is 11.3 Å². The van der Waals surface area contributed by atoms with Gasteiger partial charge in [0.1, 0.15) is 5.01 Å². The van der Waals surface area contributed by atoms with E-state index in [4.69, 9.17) is 5.73 Å². The molecule has 0 aliphatic heterocycles. The Morgan fingerprint density at radius 3 is 2.82 bits per heavy atom. The third-order valence-corrected chi connectivity index (χ3v) is 3.90. The Kier molecular flexibility index (Phi) is 1.78. The number of hydrogen-bond acceptors (Lipinski definition) is 3. The molecule has 1 heterocycles. The first-order chi connectivity index (χ1) is 5.27. The summed E-state index contributed by atoms with van der Waals surface area (Å²) in [6.45, 7) is 0.743. The number of nitrogens with two attached hydrogens (primary N) is 1. The molecule has 0 saturated heterocycles. The number of halogens is 1. The van der Waals surface area contributed by atoms with E-state index >= 15 is 0 Å². The van der Waals surface area contributed by atoms with Crippen molar-refractivity contribution in [1.82, 2.24) is 4.98 Å². The number of rotatable bonds is 2. The zero-order valence-corrected chi connectivity index (χ0v) is 8.41. The lowest BCUT2D eigenvalue weighted by Crippen LogP contribution is -2.19. The van der Waals surface area contributed by atoms with Gasteiger partial charge in [0.25, 0.3) is 0 Å². The molecular formula is C7H9BrN2S. The molecule has 4 heteroatoms. The van der Waals surface area contributed by atoms with Crippen LogP contribution in [0.3, 0.4) is 0 Å². The fourth-order valence-corrected chi connectivity index (χ4v) is 2.62. The molecule has 1 aromatic heterocycles. The maximum absolute atomic E-state index is 5.66. The molecule has 0 atom stereocenters. The maximum Gasteiger partial charge on any atom is 0.101 e. The highest BCUT2D eigenvalue weighted by molar-refractivity contribution is 9.11. The van der Waals surface area contributed by atoms with E-state index in [0.29, 0.717) is 0 Å². The largest absolute Gasteiger partial charge is 0.329 e. The minimum atomic E-state index is 0.261. The van der Waals surface area contributed by atoms with Crippen molar-refractivity contribution < 1.29 is 0 Å². The number of thiazole rings is 1. The van der Waals surface area contributed by atoms with Crippen molar-refractivity contribution in [3.8, 4) is 0 Å². The molecule has 2 N–H and O–H groups in total. The fraction of sp³-hybridized carbons (Fsp3) is 0.571. The first-order valence-corrected chi connectivity index (χ1v) is 5.20. The molecule has 1 aromatic rings. The molecule has 60 valence electrons. The highest BCUT2D eigenvalue weighted by Gasteiger charge is 2.45. The Morgan fingerprint density at radius 1 is 1.73 bits per heavy atom. The minimum absolute atomic E-state index is 0.261. The molecule has 11 heavy (non-hydrogen) atoms. The van der Waals surface area contributed by atoms with Crippen LogP contribution in [0.15, 0.2) is 9.98 Å². The van der Waals surface area contributed by atoms with Crippen LogP contribution in [0.4, 0.5) is 0 Å². The second-order valence-electron chi connectivity index (χ2n) is 2.95. The van der Waals surface area contributed by atoms with Crippen LogP contribution in [-0.2, 0) is 5.41 Å². The van der Waals surface area contributed by atoms with Gasteiger partial charge in [0.05, 0.1) is 9.98 Å². The van der Waals surface area contributed by atoms with E-state index in [0.717, 1.165) is 10.3 Å². The summed E-state index contributed by atoms with van der Waals surface area (Å²) >= 11 is 5.10. The smallest absolute Gasteiger partial charge is 0.101 e. The zero-order valence-electron chi connectivity index (χ0n) is 6.01. The SMILES string of the molecule is NCC1(c2ncc(Br)s2)CC1. The Balaban J connectivity index is 2.29. The lowest BCUT2D eigenvalue weighted by atomic mass is 10.1. The summed E-state index contributed by atoms with van der Waals surface area (Å²) in [7, 11) is 0. The predicted octanol–water partition coefficient (Wildman–Crippen LogP) is 1.90. The summed E-state index contributed by atoms with van der Waals surface area (Å²) < 4.78 is 1.10. The first kappa shape index (κ1) is 7.71. The van der Waals surface area contributed by atoms with Crippen LogP contribution in [0.25, 0.3) is 0 Å². The van der Waals surface area contributed by atoms with Crippen molar-refractivity contribution in [1.29, 1.82) is 0 Å². The zero-order chi connectivity index (χ0) is 7.90. The van der Waals surface area contributed by atoms with Gasteiger partial charge in [-0.25, -0.2) is 4.98 Å². The summed E-state index contributed by atoms with van der Waals surface area (Å²) in [5.41, 5.74) is 5.92. The van der Waals surface area contributed by atoms with E-state index in [2.05, 4.69) is 20.9 Å². The van der Waals surface area contributed by atoms with E-state index in [1.165, 1.54) is 17.8 Å². The Bertz CT molecular complexity index is 267. The highest BCUT2D eigenvalue weighted by atomic mass is 79.9. The molecule has 0 bridgehead atoms. The second kappa shape index (κ2) is 2.54. The molecular weight excluding hydrogens is 224 g/mol. The molecule has 1 aliphatic carbocycles. The molecule has 0 radical (unpaired) electrons. The van der Waals surface area contributed by atoms with Crippen molar-refractivity contribution in [3.05, 3.63) is 15.0 Å². The number of hydrogen-bond donors (Lipinski definition) is 1. The van der Waals surface area contributed by atoms with Gasteiger partial charge in [0.2, 0.25) is 0 Å². The monoisotopic (exact) mass is 232 g/mol. The summed E-state index contributed by atoms with van der Waals surface area (Å²) in [6, 6.07) is 0. The molecule has 0 spiro atoms. The fourth-order valence-electron chi connectivity index (χ4n) is 1.16. The Hall–Kier alpha value is 0.0700. The standard InChI is InChI=1S/C7H9BrN2S/c8-5-3-10-6(11-5)7(4-9)1-2-7/h3H,1-2,4,9H2. The molecule has 0 amide bonds. The average Bonchev–Trinajstić information content (AvgIpc) is 2.70. The third kappa shape index (κ3) is 1.23. The van der Waals surface area contributed by atoms with Crippen LogP contribution in [-0.4, -0.2) is 11.5 Å². The van der Waals surface area contributed by atoms with Gasteiger partial charge in [-0.05, 0) is 28.8 Å². The van der Waals surface area contributed by atoms with Crippen molar-refractivity contribution >= 4 is 27.3 Å². The first-order valence-electron chi connectivity index (χ1n) is 3.59. The summed E-state index contributed by atoms with van der Waals surface area (Å²) in [6.07, 6.45) is 4.28. The van der Waals surface area contributed by atoms with Gasteiger partial charge < -0.3 is 5.73 Å². The van der Waals surface area contributed by atoms with E-state index in [9.17, 15) is 0 Å². The average molecular weight is 233 g/mol. The van der Waals surface area contributed by atoms with Crippen molar-refractivity contribution in [2.45, 2.75) is 18.3 Å². The van der Waals surface area contributed by atoms with Crippen LogP contribution in [0.2, 0.25) is 0 Å². The van der Waals surface area contributed by atoms with Crippen LogP contribution >= 0.6 is 27.3 Å². The Labute approximate surface area is 78.0 Å². The number of nitrogens with zero attached hydrogens (tertiary/aromatic N) is 1. The molecule has 1 fully saturated rings.